The van der Waals surface area contributed by atoms with Crippen LogP contribution in [-0.2, 0) is 54.9 Å². The van der Waals surface area contributed by atoms with E-state index in [4.69, 9.17) is 28.7 Å². The topological polar surface area (TPSA) is 226 Å². The SMILES string of the molecule is Cc1ncsc1-c1ccc(CNC(=O)[C@@H]2C[C@@H](O)CN2C(=O)[C@H](C(C)C)N2Cc3ccccc3C2=O)c(OCCN2CCC(O[C@H]3C[C@H](NC(=O)CN4CCN(CCOc5ccc6cc5COC/C=C/COCc5cccc(c5)-c5ccnc(n5)N6)CC4)C3)CC2)c1. The maximum Gasteiger partial charge on any atom is 0.255 e. The molecule has 6 aromatic rings. The van der Waals surface area contributed by atoms with Crippen LogP contribution in [0.25, 0.3) is 21.7 Å². The molecule has 4 fully saturated rings. The highest BCUT2D eigenvalue weighted by atomic mass is 32.1. The number of rotatable bonds is 20. The molecule has 486 valence electrons. The monoisotopic (exact) mass is 1270 g/mol. The normalized spacial score (nSPS) is 21.6. The molecule has 22 heteroatoms. The van der Waals surface area contributed by atoms with Gasteiger partial charge in [-0.3, -0.25) is 33.9 Å². The molecular formula is C70H85N11O10S. The van der Waals surface area contributed by atoms with Crippen LogP contribution in [0.2, 0.25) is 0 Å². The number of thiazole rings is 1. The molecule has 3 saturated heterocycles. The van der Waals surface area contributed by atoms with Gasteiger partial charge in [-0.05, 0) is 97.7 Å². The number of aliphatic hydroxyl groups excluding tert-OH is 1. The lowest BCUT2D eigenvalue weighted by molar-refractivity contribution is -0.143. The zero-order valence-corrected chi connectivity index (χ0v) is 53.7. The number of aliphatic hydroxyl groups is 1. The summed E-state index contributed by atoms with van der Waals surface area (Å²) >= 11 is 1.56. The summed E-state index contributed by atoms with van der Waals surface area (Å²) in [5.74, 6) is 0.835. The fraction of sp³-hybridized carbons (Fsp3) is 0.471. The lowest BCUT2D eigenvalue weighted by atomic mass is 9.88. The van der Waals surface area contributed by atoms with E-state index in [2.05, 4.69) is 46.7 Å². The van der Waals surface area contributed by atoms with Crippen LogP contribution in [0.5, 0.6) is 11.5 Å². The third kappa shape index (κ3) is 16.2. The highest BCUT2D eigenvalue weighted by molar-refractivity contribution is 7.13. The molecule has 21 nitrogen and oxygen atoms in total. The number of anilines is 2. The minimum absolute atomic E-state index is 0.00852. The van der Waals surface area contributed by atoms with Crippen LogP contribution in [0.3, 0.4) is 0 Å². The van der Waals surface area contributed by atoms with Gasteiger partial charge in [-0.2, -0.15) is 0 Å². The van der Waals surface area contributed by atoms with Gasteiger partial charge >= 0.3 is 0 Å². The first kappa shape index (κ1) is 64.4. The van der Waals surface area contributed by atoms with Gasteiger partial charge in [0.05, 0.1) is 73.1 Å². The number of carbonyl (C=O) groups excluding carboxylic acids is 4. The quantitative estimate of drug-likeness (QED) is 0.0547. The lowest BCUT2D eigenvalue weighted by Crippen LogP contribution is -2.55. The molecular weight excluding hydrogens is 1190 g/mol. The average Bonchev–Trinajstić information content (AvgIpc) is 1.66. The first-order valence-electron chi connectivity index (χ1n) is 32.5. The molecule has 7 heterocycles. The number of aromatic nitrogens is 3. The maximum absolute atomic E-state index is 14.4. The van der Waals surface area contributed by atoms with E-state index < -0.39 is 18.2 Å². The van der Waals surface area contributed by atoms with Gasteiger partial charge in [0.1, 0.15) is 36.8 Å². The largest absolute Gasteiger partial charge is 0.492 e. The number of aryl methyl sites for hydroxylation is 1. The minimum atomic E-state index is -0.901. The van der Waals surface area contributed by atoms with E-state index in [0.717, 1.165) is 133 Å². The zero-order valence-electron chi connectivity index (χ0n) is 52.9. The Hall–Kier alpha value is -7.67. The van der Waals surface area contributed by atoms with Crippen molar-refractivity contribution >= 4 is 46.6 Å². The summed E-state index contributed by atoms with van der Waals surface area (Å²) in [6, 6.07) is 27.9. The number of hydrogen-bond donors (Lipinski definition) is 4. The number of piperidine rings is 1. The van der Waals surface area contributed by atoms with Crippen LogP contribution in [0, 0.1) is 12.8 Å². The Kier molecular flexibility index (Phi) is 21.3. The van der Waals surface area contributed by atoms with E-state index in [0.29, 0.717) is 76.5 Å². The second-order valence-electron chi connectivity index (χ2n) is 25.2. The van der Waals surface area contributed by atoms with E-state index in [1.165, 1.54) is 4.90 Å². The molecule has 92 heavy (non-hydrogen) atoms. The van der Waals surface area contributed by atoms with Crippen molar-refractivity contribution in [3.8, 4) is 33.2 Å². The molecule has 4 amide bonds. The molecule has 6 bridgehead atoms. The third-order valence-corrected chi connectivity index (χ3v) is 19.3. The van der Waals surface area contributed by atoms with Gasteiger partial charge < -0.3 is 54.5 Å². The Balaban J connectivity index is 0.548. The summed E-state index contributed by atoms with van der Waals surface area (Å²) < 4.78 is 31.5. The van der Waals surface area contributed by atoms with Crippen LogP contribution in [-0.4, -0.2) is 196 Å². The molecule has 5 aliphatic heterocycles. The van der Waals surface area contributed by atoms with Gasteiger partial charge in [-0.25, -0.2) is 15.0 Å². The summed E-state index contributed by atoms with van der Waals surface area (Å²) in [5, 5.41) is 20.6. The second-order valence-corrected chi connectivity index (χ2v) is 26.1. The third-order valence-electron chi connectivity index (χ3n) is 18.3. The molecule has 12 rings (SSSR count). The first-order valence-corrected chi connectivity index (χ1v) is 33.4. The molecule has 4 N–H and O–H groups in total. The Morgan fingerprint density at radius 3 is 2.32 bits per heavy atom. The Morgan fingerprint density at radius 2 is 1.54 bits per heavy atom. The van der Waals surface area contributed by atoms with Gasteiger partial charge in [0.25, 0.3) is 5.91 Å². The van der Waals surface area contributed by atoms with Crippen LogP contribution in [0.1, 0.15) is 84.3 Å². The highest BCUT2D eigenvalue weighted by Crippen LogP contribution is 2.35. The van der Waals surface area contributed by atoms with Crippen molar-refractivity contribution in [1.29, 1.82) is 0 Å². The van der Waals surface area contributed by atoms with Gasteiger partial charge in [-0.15, -0.1) is 11.3 Å². The molecule has 0 unspecified atom stereocenters. The van der Waals surface area contributed by atoms with E-state index in [1.807, 2.05) is 117 Å². The van der Waals surface area contributed by atoms with Crippen molar-refractivity contribution in [2.45, 2.75) is 116 Å². The van der Waals surface area contributed by atoms with Crippen LogP contribution in [0.4, 0.5) is 11.6 Å². The molecule has 1 saturated carbocycles. The highest BCUT2D eigenvalue weighted by Gasteiger charge is 2.46. The fourth-order valence-electron chi connectivity index (χ4n) is 13.2. The smallest absolute Gasteiger partial charge is 0.255 e. The Bertz CT molecular complexity index is 3560. The predicted molar refractivity (Wildman–Crippen MR) is 350 cm³/mol. The number of β-amino-alcohol motifs (C(OH)–C–C–N with tert-alkyl or cyclic N) is 1. The van der Waals surface area contributed by atoms with Gasteiger partial charge in [0, 0.05) is 119 Å². The molecule has 4 aromatic carbocycles. The molecule has 6 aliphatic rings. The number of piperazine rings is 1. The van der Waals surface area contributed by atoms with E-state index >= 15 is 0 Å². The molecule has 1 aliphatic carbocycles. The summed E-state index contributed by atoms with van der Waals surface area (Å²) in [7, 11) is 0. The summed E-state index contributed by atoms with van der Waals surface area (Å²) in [4.78, 5) is 80.1. The first-order chi connectivity index (χ1) is 44.8. The van der Waals surface area contributed by atoms with Crippen molar-refractivity contribution in [3.05, 3.63) is 148 Å². The van der Waals surface area contributed by atoms with Gasteiger partial charge in [0.15, 0.2) is 0 Å². The van der Waals surface area contributed by atoms with Gasteiger partial charge in [0.2, 0.25) is 23.7 Å². The van der Waals surface area contributed by atoms with Crippen molar-refractivity contribution in [2.24, 2.45) is 5.92 Å². The Morgan fingerprint density at radius 1 is 0.783 bits per heavy atom. The number of ether oxygens (including phenoxy) is 5. The fourth-order valence-corrected chi connectivity index (χ4v) is 14.0. The van der Waals surface area contributed by atoms with E-state index in [9.17, 15) is 24.3 Å². The van der Waals surface area contributed by atoms with Gasteiger partial charge in [-0.1, -0.05) is 74.5 Å². The minimum Gasteiger partial charge on any atom is -0.492 e. The van der Waals surface area contributed by atoms with Crippen molar-refractivity contribution < 1.29 is 48.0 Å². The summed E-state index contributed by atoms with van der Waals surface area (Å²) in [6.45, 7) is 15.9. The molecule has 2 aromatic heterocycles. The maximum atomic E-state index is 14.4. The molecule has 0 spiro atoms. The average molecular weight is 1270 g/mol. The number of benzene rings is 4. The van der Waals surface area contributed by atoms with Crippen molar-refractivity contribution in [1.82, 2.24) is 50.1 Å². The number of nitrogens with zero attached hydrogens (tertiary/aromatic N) is 8. The number of carbonyl (C=O) groups is 4. The van der Waals surface area contributed by atoms with E-state index in [-0.39, 0.29) is 67.3 Å². The van der Waals surface area contributed by atoms with E-state index in [1.54, 1.807) is 28.5 Å². The van der Waals surface area contributed by atoms with Crippen LogP contribution < -0.4 is 25.4 Å². The standard InChI is InChI=1S/C70H85N11O10S/c1-46(2)65(81-40-52-10-4-5-12-59(52)68(81)85)69(86)80-41-56(82)38-61(80)67(84)72-39-51-14-13-50(66-47(3)73-45-92-66)35-63(51)90-32-27-77-21-18-57(19-22-77)91-58-36-55(37-58)74-64(83)42-79-25-23-78(24-26-79)28-31-89-62-16-15-54-34-53(62)44-88-30-7-6-29-87-43-48-9-8-11-49(33-48)60-17-20-71-70(75-54)76-60/h4-17,20,33-35,45-46,55-58,61,65,82H,18-19,21-32,36-44H2,1-3H3,(H,72,84)(H,74,83)(H,71,75,76)/b7-6+/t55-,56-,58-,61+,65+/m1/s1. The summed E-state index contributed by atoms with van der Waals surface area (Å²) in [6.07, 6.45) is 8.71. The molecule has 0 radical (unpaired) electrons. The van der Waals surface area contributed by atoms with Crippen molar-refractivity contribution in [3.63, 3.8) is 0 Å². The van der Waals surface area contributed by atoms with Crippen LogP contribution in [0.15, 0.2) is 115 Å². The summed E-state index contributed by atoms with van der Waals surface area (Å²) in [5.41, 5.74) is 10.6. The molecule has 3 atom stereocenters. The number of likely N-dealkylation sites (tertiary alicyclic amines) is 2. The number of nitrogens with one attached hydrogen (secondary N) is 3. The lowest BCUT2D eigenvalue weighted by Gasteiger charge is -2.40. The number of fused-ring (bicyclic) bond motifs is 8. The predicted octanol–water partition coefficient (Wildman–Crippen LogP) is 7.38. The number of hydrogen-bond acceptors (Lipinski definition) is 18. The number of amides is 4. The Labute approximate surface area is 542 Å². The zero-order chi connectivity index (χ0) is 63.5. The van der Waals surface area contributed by atoms with Crippen molar-refractivity contribution in [2.75, 3.05) is 97.2 Å². The second kappa shape index (κ2) is 30.4. The van der Waals surface area contributed by atoms with Crippen LogP contribution >= 0.6 is 11.3 Å².